The van der Waals surface area contributed by atoms with E-state index in [0.29, 0.717) is 23.7 Å². The molecule has 1 aromatic heterocycles. The van der Waals surface area contributed by atoms with Crippen molar-refractivity contribution in [3.63, 3.8) is 0 Å². The van der Waals surface area contributed by atoms with Crippen molar-refractivity contribution in [3.8, 4) is 0 Å². The smallest absolute Gasteiger partial charge is 0.152 e. The summed E-state index contributed by atoms with van der Waals surface area (Å²) < 4.78 is 25.9. The van der Waals surface area contributed by atoms with E-state index < -0.39 is 9.84 Å². The number of alkyl halides is 1. The Hall–Kier alpha value is -0.780. The van der Waals surface area contributed by atoms with Crippen LogP contribution in [0.2, 0.25) is 5.02 Å². The Kier molecular flexibility index (Phi) is 4.17. The Labute approximate surface area is 134 Å². The van der Waals surface area contributed by atoms with Gasteiger partial charge in [0, 0.05) is 18.3 Å². The van der Waals surface area contributed by atoms with Crippen molar-refractivity contribution in [2.75, 3.05) is 17.4 Å². The number of aromatic nitrogens is 2. The van der Waals surface area contributed by atoms with Crippen LogP contribution < -0.4 is 0 Å². The minimum atomic E-state index is -3.00. The molecule has 1 aromatic carbocycles. The van der Waals surface area contributed by atoms with Crippen LogP contribution in [0, 0.1) is 0 Å². The van der Waals surface area contributed by atoms with Gasteiger partial charge < -0.3 is 4.57 Å². The SMILES string of the molecule is O=S1(=O)CCCC(n2c(CCCl)nc3cccc(Cl)c32)C1. The highest BCUT2D eigenvalue weighted by Gasteiger charge is 2.29. The summed E-state index contributed by atoms with van der Waals surface area (Å²) in [6, 6.07) is 5.45. The molecule has 1 saturated heterocycles. The number of hydrogen-bond acceptors (Lipinski definition) is 3. The highest BCUT2D eigenvalue weighted by molar-refractivity contribution is 7.91. The second kappa shape index (κ2) is 5.78. The lowest BCUT2D eigenvalue weighted by molar-refractivity contribution is 0.468. The van der Waals surface area contributed by atoms with Crippen molar-refractivity contribution in [2.24, 2.45) is 0 Å². The van der Waals surface area contributed by atoms with Gasteiger partial charge in [0.25, 0.3) is 0 Å². The second-order valence-electron chi connectivity index (χ2n) is 5.35. The molecule has 0 radical (unpaired) electrons. The summed E-state index contributed by atoms with van der Waals surface area (Å²) in [4.78, 5) is 4.59. The zero-order valence-electron chi connectivity index (χ0n) is 11.4. The van der Waals surface area contributed by atoms with E-state index in [4.69, 9.17) is 23.2 Å². The number of hydrogen-bond donors (Lipinski definition) is 0. The van der Waals surface area contributed by atoms with E-state index in [-0.39, 0.29) is 17.5 Å². The van der Waals surface area contributed by atoms with Crippen LogP contribution in [0.5, 0.6) is 0 Å². The summed E-state index contributed by atoms with van der Waals surface area (Å²) in [7, 11) is -3.00. The second-order valence-corrected chi connectivity index (χ2v) is 8.37. The molecule has 0 bridgehead atoms. The third-order valence-electron chi connectivity index (χ3n) is 3.86. The van der Waals surface area contributed by atoms with Crippen LogP contribution in [0.25, 0.3) is 11.0 Å². The van der Waals surface area contributed by atoms with Gasteiger partial charge in [0.15, 0.2) is 9.84 Å². The van der Waals surface area contributed by atoms with Crippen molar-refractivity contribution in [2.45, 2.75) is 25.3 Å². The lowest BCUT2D eigenvalue weighted by Crippen LogP contribution is -2.28. The predicted octanol–water partition coefficient (Wildman–Crippen LogP) is 3.22. The summed E-state index contributed by atoms with van der Waals surface area (Å²) in [5.41, 5.74) is 1.62. The van der Waals surface area contributed by atoms with Crippen LogP contribution in [0.4, 0.5) is 0 Å². The van der Waals surface area contributed by atoms with Gasteiger partial charge in [-0.05, 0) is 25.0 Å². The largest absolute Gasteiger partial charge is 0.323 e. The van der Waals surface area contributed by atoms with Crippen molar-refractivity contribution >= 4 is 44.1 Å². The summed E-state index contributed by atoms with van der Waals surface area (Å²) in [5, 5.41) is 0.601. The fourth-order valence-corrected chi connectivity index (χ4v) is 5.12. The Morgan fingerprint density at radius 3 is 2.90 bits per heavy atom. The third-order valence-corrected chi connectivity index (χ3v) is 6.15. The van der Waals surface area contributed by atoms with Crippen molar-refractivity contribution in [3.05, 3.63) is 29.0 Å². The number of benzene rings is 1. The quantitative estimate of drug-likeness (QED) is 0.801. The number of imidazole rings is 1. The maximum absolute atomic E-state index is 12.0. The number of halogens is 2. The first-order valence-electron chi connectivity index (χ1n) is 6.93. The molecule has 0 N–H and O–H groups in total. The van der Waals surface area contributed by atoms with E-state index in [9.17, 15) is 8.42 Å². The van der Waals surface area contributed by atoms with E-state index in [1.807, 2.05) is 22.8 Å². The minimum Gasteiger partial charge on any atom is -0.323 e. The monoisotopic (exact) mass is 346 g/mol. The van der Waals surface area contributed by atoms with Crippen LogP contribution in [-0.4, -0.2) is 35.4 Å². The molecule has 0 amide bonds. The first-order valence-corrected chi connectivity index (χ1v) is 9.67. The van der Waals surface area contributed by atoms with Gasteiger partial charge in [-0.2, -0.15) is 0 Å². The minimum absolute atomic E-state index is 0.105. The first kappa shape index (κ1) is 15.1. The molecule has 1 aliphatic rings. The fraction of sp³-hybridized carbons (Fsp3) is 0.500. The molecule has 114 valence electrons. The van der Waals surface area contributed by atoms with Gasteiger partial charge in [0.1, 0.15) is 5.82 Å². The molecule has 3 rings (SSSR count). The number of fused-ring (bicyclic) bond motifs is 1. The van der Waals surface area contributed by atoms with Gasteiger partial charge in [-0.25, -0.2) is 13.4 Å². The lowest BCUT2D eigenvalue weighted by atomic mass is 10.1. The molecule has 2 aromatic rings. The van der Waals surface area contributed by atoms with Crippen LogP contribution in [0.1, 0.15) is 24.7 Å². The molecule has 21 heavy (non-hydrogen) atoms. The van der Waals surface area contributed by atoms with Crippen molar-refractivity contribution in [1.82, 2.24) is 9.55 Å². The van der Waals surface area contributed by atoms with Crippen LogP contribution in [0.3, 0.4) is 0 Å². The molecule has 1 unspecified atom stereocenters. The van der Waals surface area contributed by atoms with E-state index in [2.05, 4.69) is 4.98 Å². The Bertz CT molecular complexity index is 771. The fourth-order valence-electron chi connectivity index (χ4n) is 3.01. The molecule has 4 nitrogen and oxygen atoms in total. The Morgan fingerprint density at radius 2 is 2.19 bits per heavy atom. The molecule has 0 saturated carbocycles. The normalized spacial score (nSPS) is 21.7. The molecule has 1 aliphatic heterocycles. The van der Waals surface area contributed by atoms with Gasteiger partial charge in [-0.15, -0.1) is 11.6 Å². The number of aryl methyl sites for hydroxylation is 1. The molecule has 0 spiro atoms. The van der Waals surface area contributed by atoms with E-state index in [1.54, 1.807) is 0 Å². The van der Waals surface area contributed by atoms with Gasteiger partial charge in [0.05, 0.1) is 27.6 Å². The average Bonchev–Trinajstić information content (AvgIpc) is 2.77. The van der Waals surface area contributed by atoms with Crippen LogP contribution >= 0.6 is 23.2 Å². The standard InChI is InChI=1S/C14H16Cl2N2O2S/c15-7-6-13-17-12-5-1-4-11(16)14(12)18(13)10-3-2-8-21(19,20)9-10/h1,4-5,10H,2-3,6-9H2. The maximum Gasteiger partial charge on any atom is 0.152 e. The van der Waals surface area contributed by atoms with E-state index in [0.717, 1.165) is 23.3 Å². The summed E-state index contributed by atoms with van der Waals surface area (Å²) in [6.07, 6.45) is 2.10. The number of sulfone groups is 1. The van der Waals surface area contributed by atoms with E-state index >= 15 is 0 Å². The number of nitrogens with zero attached hydrogens (tertiary/aromatic N) is 2. The third kappa shape index (κ3) is 2.91. The predicted molar refractivity (Wildman–Crippen MR) is 86.1 cm³/mol. The Balaban J connectivity index is 2.17. The maximum atomic E-state index is 12.0. The Morgan fingerprint density at radius 1 is 1.38 bits per heavy atom. The first-order chi connectivity index (χ1) is 10.0. The van der Waals surface area contributed by atoms with Gasteiger partial charge >= 0.3 is 0 Å². The number of para-hydroxylation sites is 1. The molecule has 0 aliphatic carbocycles. The molecular weight excluding hydrogens is 331 g/mol. The summed E-state index contributed by atoms with van der Waals surface area (Å²) in [5.74, 6) is 1.68. The number of rotatable bonds is 3. The van der Waals surface area contributed by atoms with Gasteiger partial charge in [0.2, 0.25) is 0 Å². The summed E-state index contributed by atoms with van der Waals surface area (Å²) >= 11 is 12.2. The topological polar surface area (TPSA) is 52.0 Å². The molecule has 1 atom stereocenters. The van der Waals surface area contributed by atoms with Crippen molar-refractivity contribution in [1.29, 1.82) is 0 Å². The average molecular weight is 347 g/mol. The molecular formula is C14H16Cl2N2O2S. The zero-order chi connectivity index (χ0) is 15.0. The van der Waals surface area contributed by atoms with Crippen LogP contribution in [0.15, 0.2) is 18.2 Å². The zero-order valence-corrected chi connectivity index (χ0v) is 13.8. The van der Waals surface area contributed by atoms with Gasteiger partial charge in [-0.1, -0.05) is 17.7 Å². The van der Waals surface area contributed by atoms with Gasteiger partial charge in [-0.3, -0.25) is 0 Å². The lowest BCUT2D eigenvalue weighted by Gasteiger charge is -2.25. The highest BCUT2D eigenvalue weighted by Crippen LogP contribution is 2.32. The van der Waals surface area contributed by atoms with E-state index in [1.165, 1.54) is 0 Å². The van der Waals surface area contributed by atoms with Crippen LogP contribution in [-0.2, 0) is 16.3 Å². The molecule has 2 heterocycles. The molecule has 1 fully saturated rings. The highest BCUT2D eigenvalue weighted by atomic mass is 35.5. The molecule has 7 heteroatoms. The van der Waals surface area contributed by atoms with Crippen molar-refractivity contribution < 1.29 is 8.42 Å². The summed E-state index contributed by atoms with van der Waals surface area (Å²) in [6.45, 7) is 0.